The highest BCUT2D eigenvalue weighted by Crippen LogP contribution is 2.20. The average Bonchev–Trinajstić information content (AvgIpc) is 3.31. The topological polar surface area (TPSA) is 247 Å². The van der Waals surface area contributed by atoms with Crippen molar-refractivity contribution < 1.29 is 0 Å². The molecule has 0 saturated carbocycles. The van der Waals surface area contributed by atoms with E-state index >= 15 is 0 Å². The van der Waals surface area contributed by atoms with Crippen LogP contribution in [-0.2, 0) is 0 Å². The van der Waals surface area contributed by atoms with Gasteiger partial charge in [0, 0.05) is 77.8 Å². The number of anilines is 2. The van der Waals surface area contributed by atoms with Crippen LogP contribution >= 0.6 is 47.0 Å². The summed E-state index contributed by atoms with van der Waals surface area (Å²) in [7, 11) is 6.99. The van der Waals surface area contributed by atoms with Crippen LogP contribution in [0, 0.1) is 5.41 Å². The van der Waals surface area contributed by atoms with E-state index in [1.807, 2.05) is 11.1 Å². The summed E-state index contributed by atoms with van der Waals surface area (Å²) in [6, 6.07) is 0. The SMILES string of the molecule is C=NC(=NC(CN(CCNc1nc(NC)nc(SCCCCC)n1)C1=NC(SCCCCC)=NC(=N)N(C)/C=C(\SCCCCC)NC(=NC)N=C(N)N(CCN)C1)=NC)SCCCCC. The quantitative estimate of drug-likeness (QED) is 0.0218. The summed E-state index contributed by atoms with van der Waals surface area (Å²) in [6.45, 7) is 14.4. The number of aliphatic imine (C=N–C) groups is 7. The molecular formula is C43H79N19S4. The van der Waals surface area contributed by atoms with Crippen LogP contribution in [0.2, 0.25) is 0 Å². The third-order valence-corrected chi connectivity index (χ3v) is 13.4. The van der Waals surface area contributed by atoms with Crippen molar-refractivity contribution in [2.45, 2.75) is 110 Å². The summed E-state index contributed by atoms with van der Waals surface area (Å²) in [5, 5.41) is 21.5. The fraction of sp³-hybridized carbons (Fsp3) is 0.698. The molecule has 0 aromatic carbocycles. The number of rotatable bonds is 27. The first-order chi connectivity index (χ1) is 32.1. The summed E-state index contributed by atoms with van der Waals surface area (Å²) in [5.74, 6) is 6.02. The second-order valence-corrected chi connectivity index (χ2v) is 19.3. The molecule has 0 bridgehead atoms. The van der Waals surface area contributed by atoms with Crippen molar-refractivity contribution in [1.29, 1.82) is 5.41 Å². The minimum Gasteiger partial charge on any atom is -0.369 e. The van der Waals surface area contributed by atoms with Crippen molar-refractivity contribution in [2.75, 3.05) is 101 Å². The van der Waals surface area contributed by atoms with Crippen LogP contribution in [0.3, 0.4) is 0 Å². The number of amidine groups is 4. The van der Waals surface area contributed by atoms with Gasteiger partial charge >= 0.3 is 0 Å². The lowest BCUT2D eigenvalue weighted by molar-refractivity contribution is 0.425. The fourth-order valence-corrected chi connectivity index (χ4v) is 9.23. The molecule has 19 nitrogen and oxygen atoms in total. The van der Waals surface area contributed by atoms with Gasteiger partial charge in [-0.25, -0.2) is 15.0 Å². The Labute approximate surface area is 412 Å². The lowest BCUT2D eigenvalue weighted by Crippen LogP contribution is -2.50. The molecule has 1 aromatic heterocycles. The molecule has 66 heavy (non-hydrogen) atoms. The van der Waals surface area contributed by atoms with E-state index in [1.165, 1.54) is 11.8 Å². The van der Waals surface area contributed by atoms with Crippen LogP contribution in [0.1, 0.15) is 105 Å². The maximum atomic E-state index is 9.22. The molecule has 1 aromatic rings. The smallest absolute Gasteiger partial charge is 0.228 e. The largest absolute Gasteiger partial charge is 0.369 e. The number of thioether (sulfide) groups is 4. The molecule has 370 valence electrons. The van der Waals surface area contributed by atoms with Crippen molar-refractivity contribution >= 4 is 106 Å². The van der Waals surface area contributed by atoms with Gasteiger partial charge in [0.15, 0.2) is 21.5 Å². The standard InChI is InChI=1S/C43H79N19S4/c1-10-14-18-26-63-35-32-60(9)36(45)56-42(65-28-20-16-12-3)53-34(31-62(24-22-44)37(46)55-38(48-6)54-35)61(30-33(47-5)52-41(50-8)64-27-19-15-11-2)25-23-51-40-57-39(49-7)58-43(59-40)66-29-21-17-13-4/h32,45H,8,10-31,44H2,1-7,9H3,(H3,46,48,54,55)(H2,49,51,57,58,59)/b35-32-,45-36?,47-33?,52-41?,53-34?,56-42?. The molecule has 2 heterocycles. The Balaban J connectivity index is 2.84. The van der Waals surface area contributed by atoms with Crippen LogP contribution < -0.4 is 27.4 Å². The number of guanidine groups is 3. The number of unbranched alkanes of at least 4 members (excludes halogenated alkanes) is 8. The Bertz CT molecular complexity index is 1800. The first-order valence-electron chi connectivity index (χ1n) is 23.2. The lowest BCUT2D eigenvalue weighted by atomic mass is 10.3. The van der Waals surface area contributed by atoms with Gasteiger partial charge in [-0.15, -0.1) is 11.8 Å². The zero-order valence-corrected chi connectivity index (χ0v) is 44.2. The minimum atomic E-state index is 0.0207. The summed E-state index contributed by atoms with van der Waals surface area (Å²) >= 11 is 6.34. The third kappa shape index (κ3) is 24.2. The second kappa shape index (κ2) is 36.2. The zero-order valence-electron chi connectivity index (χ0n) is 40.9. The highest BCUT2D eigenvalue weighted by Gasteiger charge is 2.22. The van der Waals surface area contributed by atoms with E-state index in [9.17, 15) is 5.41 Å². The van der Waals surface area contributed by atoms with E-state index in [0.29, 0.717) is 71.2 Å². The van der Waals surface area contributed by atoms with Gasteiger partial charge in [0.1, 0.15) is 11.7 Å². The number of aromatic nitrogens is 3. The lowest BCUT2D eigenvalue weighted by Gasteiger charge is -2.31. The molecule has 1 aliphatic rings. The monoisotopic (exact) mass is 990 g/mol. The van der Waals surface area contributed by atoms with Crippen molar-refractivity contribution in [3.05, 3.63) is 11.2 Å². The molecule has 1 aliphatic heterocycles. The Morgan fingerprint density at radius 3 is 2.12 bits per heavy atom. The number of hydrogen-bond donors (Lipinski definition) is 6. The van der Waals surface area contributed by atoms with Crippen molar-refractivity contribution in [2.24, 2.45) is 46.4 Å². The molecule has 0 aliphatic carbocycles. The predicted molar refractivity (Wildman–Crippen MR) is 293 cm³/mol. The van der Waals surface area contributed by atoms with E-state index in [2.05, 4.69) is 80.2 Å². The first kappa shape index (κ1) is 58.2. The van der Waals surface area contributed by atoms with Crippen molar-refractivity contribution in [3.63, 3.8) is 0 Å². The van der Waals surface area contributed by atoms with Crippen LogP contribution in [0.15, 0.2) is 51.3 Å². The highest BCUT2D eigenvalue weighted by molar-refractivity contribution is 8.14. The molecule has 0 atom stereocenters. The van der Waals surface area contributed by atoms with E-state index in [0.717, 1.165) is 105 Å². The van der Waals surface area contributed by atoms with Gasteiger partial charge in [0.25, 0.3) is 0 Å². The summed E-state index contributed by atoms with van der Waals surface area (Å²) in [6.07, 6.45) is 14.9. The maximum Gasteiger partial charge on any atom is 0.228 e. The van der Waals surface area contributed by atoms with E-state index < -0.39 is 0 Å². The van der Waals surface area contributed by atoms with Gasteiger partial charge < -0.3 is 42.1 Å². The van der Waals surface area contributed by atoms with E-state index in [4.69, 9.17) is 36.4 Å². The molecule has 0 amide bonds. The predicted octanol–water partition coefficient (Wildman–Crippen LogP) is 7.35. The number of nitrogens with zero attached hydrogens (tertiary/aromatic N) is 13. The molecule has 0 spiro atoms. The Hall–Kier alpha value is -3.93. The second-order valence-electron chi connectivity index (χ2n) is 15.0. The van der Waals surface area contributed by atoms with Gasteiger partial charge in [-0.05, 0) is 38.2 Å². The van der Waals surface area contributed by atoms with Crippen molar-refractivity contribution in [3.8, 4) is 0 Å². The summed E-state index contributed by atoms with van der Waals surface area (Å²) in [5.41, 5.74) is 13.2. The molecule has 0 fully saturated rings. The van der Waals surface area contributed by atoms with E-state index in [-0.39, 0.29) is 25.0 Å². The average molecular weight is 991 g/mol. The maximum absolute atomic E-state index is 9.22. The number of nitrogens with one attached hydrogen (secondary N) is 4. The van der Waals surface area contributed by atoms with Gasteiger partial charge in [-0.1, -0.05) is 114 Å². The van der Waals surface area contributed by atoms with E-state index in [1.54, 1.807) is 68.4 Å². The molecule has 0 saturated heterocycles. The van der Waals surface area contributed by atoms with Crippen LogP contribution in [0.25, 0.3) is 0 Å². The van der Waals surface area contributed by atoms with Gasteiger partial charge in [-0.2, -0.15) is 24.9 Å². The zero-order chi connectivity index (χ0) is 48.4. The van der Waals surface area contributed by atoms with Crippen molar-refractivity contribution in [1.82, 2.24) is 35.0 Å². The third-order valence-electron chi connectivity index (χ3n) is 9.56. The van der Waals surface area contributed by atoms with Crippen LogP contribution in [0.4, 0.5) is 11.9 Å². The fourth-order valence-electron chi connectivity index (χ4n) is 5.79. The molecule has 0 radical (unpaired) electrons. The molecule has 2 rings (SSSR count). The van der Waals surface area contributed by atoms with Gasteiger partial charge in [0.05, 0.1) is 18.1 Å². The Morgan fingerprint density at radius 1 is 0.879 bits per heavy atom. The molecule has 8 N–H and O–H groups in total. The molecule has 0 unspecified atom stereocenters. The highest BCUT2D eigenvalue weighted by atomic mass is 32.2. The summed E-state index contributed by atoms with van der Waals surface area (Å²) < 4.78 is 0. The Kier molecular flexibility index (Phi) is 31.9. The van der Waals surface area contributed by atoms with Gasteiger partial charge in [-0.3, -0.25) is 15.4 Å². The van der Waals surface area contributed by atoms with Gasteiger partial charge in [0.2, 0.25) is 23.8 Å². The summed E-state index contributed by atoms with van der Waals surface area (Å²) in [4.78, 5) is 52.8. The van der Waals surface area contributed by atoms with Crippen LogP contribution in [-0.4, -0.2) is 167 Å². The first-order valence-corrected chi connectivity index (χ1v) is 27.2. The normalized spacial score (nSPS) is 16.0. The molecular weight excluding hydrogens is 911 g/mol. The number of hydrogen-bond acceptors (Lipinski definition) is 17. The minimum absolute atomic E-state index is 0.0207. The van der Waals surface area contributed by atoms with Crippen LogP contribution in [0.5, 0.6) is 0 Å². The number of nitrogens with two attached hydrogens (primary N) is 2. The Morgan fingerprint density at radius 2 is 1.52 bits per heavy atom. The molecule has 23 heteroatoms.